The highest BCUT2D eigenvalue weighted by Gasteiger charge is 2.18. The van der Waals surface area contributed by atoms with Crippen LogP contribution in [0.3, 0.4) is 0 Å². The molecule has 19 heavy (non-hydrogen) atoms. The Morgan fingerprint density at radius 2 is 2.32 bits per heavy atom. The molecule has 0 bridgehead atoms. The van der Waals surface area contributed by atoms with Crippen molar-refractivity contribution in [3.05, 3.63) is 34.3 Å². The molecule has 0 aromatic heterocycles. The zero-order valence-corrected chi connectivity index (χ0v) is 12.0. The first-order chi connectivity index (χ1) is 9.16. The van der Waals surface area contributed by atoms with E-state index in [1.807, 2.05) is 6.07 Å². The number of benzene rings is 1. The normalized spacial score (nSPS) is 15.0. The van der Waals surface area contributed by atoms with Gasteiger partial charge in [-0.1, -0.05) is 22.0 Å². The van der Waals surface area contributed by atoms with E-state index in [0.29, 0.717) is 31.8 Å². The van der Waals surface area contributed by atoms with Gasteiger partial charge in [0.25, 0.3) is 5.91 Å². The Balaban J connectivity index is 1.79. The molecule has 0 unspecified atom stereocenters. The Bertz CT molecular complexity index is 479. The number of halogens is 1. The van der Waals surface area contributed by atoms with Gasteiger partial charge in [0.15, 0.2) is 0 Å². The lowest BCUT2D eigenvalue weighted by Gasteiger charge is -2.26. The van der Waals surface area contributed by atoms with Gasteiger partial charge >= 0.3 is 6.09 Å². The maximum absolute atomic E-state index is 11.9. The molecule has 0 spiro atoms. The van der Waals surface area contributed by atoms with Gasteiger partial charge < -0.3 is 15.0 Å². The van der Waals surface area contributed by atoms with Crippen LogP contribution >= 0.6 is 15.9 Å². The Morgan fingerprint density at radius 3 is 3.05 bits per heavy atom. The lowest BCUT2D eigenvalue weighted by molar-refractivity contribution is 0.0719. The molecular formula is C13H15BrN2O3. The van der Waals surface area contributed by atoms with E-state index >= 15 is 0 Å². The fourth-order valence-electron chi connectivity index (χ4n) is 1.84. The van der Waals surface area contributed by atoms with Gasteiger partial charge in [-0.2, -0.15) is 0 Å². The van der Waals surface area contributed by atoms with E-state index in [0.717, 1.165) is 10.9 Å². The standard InChI is InChI=1S/C13H15BrN2O3/c14-11-4-1-3-10(9-11)12(17)15-5-7-16-6-2-8-19-13(16)18/h1,3-4,9H,2,5-8H2,(H,15,17). The van der Waals surface area contributed by atoms with Gasteiger partial charge in [-0.25, -0.2) is 4.79 Å². The summed E-state index contributed by atoms with van der Waals surface area (Å²) in [6, 6.07) is 7.17. The molecule has 1 heterocycles. The highest BCUT2D eigenvalue weighted by molar-refractivity contribution is 9.10. The van der Waals surface area contributed by atoms with Crippen molar-refractivity contribution in [2.24, 2.45) is 0 Å². The van der Waals surface area contributed by atoms with Crippen LogP contribution in [0.25, 0.3) is 0 Å². The van der Waals surface area contributed by atoms with E-state index in [2.05, 4.69) is 21.2 Å². The molecule has 1 saturated heterocycles. The van der Waals surface area contributed by atoms with E-state index in [1.165, 1.54) is 0 Å². The van der Waals surface area contributed by atoms with Gasteiger partial charge in [-0.15, -0.1) is 0 Å². The molecular weight excluding hydrogens is 312 g/mol. The van der Waals surface area contributed by atoms with Crippen molar-refractivity contribution < 1.29 is 14.3 Å². The fourth-order valence-corrected chi connectivity index (χ4v) is 2.24. The van der Waals surface area contributed by atoms with Crippen LogP contribution in [0.2, 0.25) is 0 Å². The summed E-state index contributed by atoms with van der Waals surface area (Å²) < 4.78 is 5.78. The number of amides is 2. The van der Waals surface area contributed by atoms with Crippen LogP contribution in [-0.2, 0) is 4.74 Å². The molecule has 1 aromatic carbocycles. The molecule has 1 aliphatic heterocycles. The predicted octanol–water partition coefficient (Wildman–Crippen LogP) is 2.02. The van der Waals surface area contributed by atoms with Gasteiger partial charge in [0.2, 0.25) is 0 Å². The molecule has 2 rings (SSSR count). The Kier molecular flexibility index (Phi) is 4.79. The second-order valence-corrected chi connectivity index (χ2v) is 5.14. The van der Waals surface area contributed by atoms with E-state index in [1.54, 1.807) is 23.1 Å². The van der Waals surface area contributed by atoms with E-state index in [-0.39, 0.29) is 12.0 Å². The van der Waals surface area contributed by atoms with Gasteiger partial charge in [0.1, 0.15) is 0 Å². The van der Waals surface area contributed by atoms with Crippen molar-refractivity contribution in [1.82, 2.24) is 10.2 Å². The molecule has 102 valence electrons. The number of nitrogens with one attached hydrogen (secondary N) is 1. The van der Waals surface area contributed by atoms with Crippen molar-refractivity contribution in [2.75, 3.05) is 26.2 Å². The third-order valence-corrected chi connectivity index (χ3v) is 3.30. The maximum Gasteiger partial charge on any atom is 0.409 e. The summed E-state index contributed by atoms with van der Waals surface area (Å²) in [4.78, 5) is 24.8. The number of ether oxygens (including phenoxy) is 1. The minimum absolute atomic E-state index is 0.147. The summed E-state index contributed by atoms with van der Waals surface area (Å²) in [5.74, 6) is -0.147. The van der Waals surface area contributed by atoms with Crippen LogP contribution < -0.4 is 5.32 Å². The van der Waals surface area contributed by atoms with Crippen molar-refractivity contribution in [2.45, 2.75) is 6.42 Å². The van der Waals surface area contributed by atoms with Crippen LogP contribution in [0.1, 0.15) is 16.8 Å². The first-order valence-corrected chi connectivity index (χ1v) is 6.91. The summed E-state index contributed by atoms with van der Waals surface area (Å²) in [6.07, 6.45) is 0.536. The zero-order valence-electron chi connectivity index (χ0n) is 10.4. The minimum atomic E-state index is -0.303. The number of hydrogen-bond acceptors (Lipinski definition) is 3. The molecule has 0 radical (unpaired) electrons. The van der Waals surface area contributed by atoms with E-state index in [4.69, 9.17) is 4.74 Å². The van der Waals surface area contributed by atoms with Gasteiger partial charge in [0.05, 0.1) is 6.61 Å². The number of rotatable bonds is 4. The van der Waals surface area contributed by atoms with Crippen molar-refractivity contribution in [3.8, 4) is 0 Å². The van der Waals surface area contributed by atoms with Crippen LogP contribution in [0.15, 0.2) is 28.7 Å². The number of nitrogens with zero attached hydrogens (tertiary/aromatic N) is 1. The smallest absolute Gasteiger partial charge is 0.409 e. The molecule has 0 aliphatic carbocycles. The third kappa shape index (κ3) is 3.96. The first kappa shape index (κ1) is 13.9. The fraction of sp³-hybridized carbons (Fsp3) is 0.385. The van der Waals surface area contributed by atoms with E-state index in [9.17, 15) is 9.59 Å². The summed E-state index contributed by atoms with van der Waals surface area (Å²) in [6.45, 7) is 2.06. The average molecular weight is 327 g/mol. The topological polar surface area (TPSA) is 58.6 Å². The molecule has 0 saturated carbocycles. The van der Waals surface area contributed by atoms with Crippen molar-refractivity contribution >= 4 is 27.9 Å². The van der Waals surface area contributed by atoms with Gasteiger partial charge in [-0.3, -0.25) is 4.79 Å². The Hall–Kier alpha value is -1.56. The maximum atomic E-state index is 11.9. The van der Waals surface area contributed by atoms with Crippen LogP contribution in [0.5, 0.6) is 0 Å². The largest absolute Gasteiger partial charge is 0.449 e. The van der Waals surface area contributed by atoms with Gasteiger partial charge in [-0.05, 0) is 24.6 Å². The third-order valence-electron chi connectivity index (χ3n) is 2.81. The quantitative estimate of drug-likeness (QED) is 0.920. The Morgan fingerprint density at radius 1 is 1.47 bits per heavy atom. The van der Waals surface area contributed by atoms with Crippen LogP contribution in [-0.4, -0.2) is 43.1 Å². The first-order valence-electron chi connectivity index (χ1n) is 6.12. The summed E-state index contributed by atoms with van der Waals surface area (Å²) in [5, 5.41) is 2.78. The second-order valence-electron chi connectivity index (χ2n) is 4.22. The summed E-state index contributed by atoms with van der Waals surface area (Å²) >= 11 is 3.32. The molecule has 1 aliphatic rings. The van der Waals surface area contributed by atoms with E-state index < -0.39 is 0 Å². The molecule has 5 nitrogen and oxygen atoms in total. The lowest BCUT2D eigenvalue weighted by atomic mass is 10.2. The molecule has 2 amide bonds. The highest BCUT2D eigenvalue weighted by Crippen LogP contribution is 2.11. The highest BCUT2D eigenvalue weighted by atomic mass is 79.9. The van der Waals surface area contributed by atoms with Crippen molar-refractivity contribution in [3.63, 3.8) is 0 Å². The monoisotopic (exact) mass is 326 g/mol. The lowest BCUT2D eigenvalue weighted by Crippen LogP contribution is -2.42. The summed E-state index contributed by atoms with van der Waals surface area (Å²) in [5.41, 5.74) is 0.593. The minimum Gasteiger partial charge on any atom is -0.449 e. The molecule has 0 atom stereocenters. The average Bonchev–Trinajstić information content (AvgIpc) is 2.41. The number of cyclic esters (lactones) is 1. The molecule has 1 N–H and O–H groups in total. The van der Waals surface area contributed by atoms with Crippen LogP contribution in [0, 0.1) is 0 Å². The van der Waals surface area contributed by atoms with Crippen LogP contribution in [0.4, 0.5) is 4.79 Å². The molecule has 6 heteroatoms. The Labute approximate surface area is 120 Å². The number of carbonyl (C=O) groups excluding carboxylic acids is 2. The predicted molar refractivity (Wildman–Crippen MR) is 74.0 cm³/mol. The number of carbonyl (C=O) groups is 2. The van der Waals surface area contributed by atoms with Gasteiger partial charge in [0, 0.05) is 29.7 Å². The number of hydrogen-bond donors (Lipinski definition) is 1. The second kappa shape index (κ2) is 6.56. The zero-order chi connectivity index (χ0) is 13.7. The summed E-state index contributed by atoms with van der Waals surface area (Å²) in [7, 11) is 0. The SMILES string of the molecule is O=C(NCCN1CCCOC1=O)c1cccc(Br)c1. The van der Waals surface area contributed by atoms with Crippen molar-refractivity contribution in [1.29, 1.82) is 0 Å². The molecule has 1 aromatic rings. The molecule has 1 fully saturated rings.